The fraction of sp³-hybridized carbons (Fsp3) is 0.386. The van der Waals surface area contributed by atoms with E-state index < -0.39 is 58.1 Å². The van der Waals surface area contributed by atoms with Gasteiger partial charge in [0.2, 0.25) is 23.7 Å². The summed E-state index contributed by atoms with van der Waals surface area (Å²) in [5, 5.41) is 35.6. The maximum atomic E-state index is 17.0. The van der Waals surface area contributed by atoms with Gasteiger partial charge in [-0.15, -0.1) is 0 Å². The Bertz CT molecular complexity index is 4040. The summed E-state index contributed by atoms with van der Waals surface area (Å²) in [5.41, 5.74) is -1.57. The number of fused-ring (bicyclic) bond motifs is 2. The Balaban J connectivity index is 0.673. The smallest absolute Gasteiger partial charge is 0.251 e. The van der Waals surface area contributed by atoms with Crippen molar-refractivity contribution in [1.29, 1.82) is 5.26 Å². The van der Waals surface area contributed by atoms with Gasteiger partial charge in [0.1, 0.15) is 39.9 Å². The summed E-state index contributed by atoms with van der Waals surface area (Å²) in [5.74, 6) is -4.58. The standard InChI is InChI=1S/C70H76Cl3F3N10O10/c1-7-57(88)85-22-24-86(25-23-85)65-49-39-52(73)59(48-38-45(87)35-42-11-8-9-12-46(42)48)62(76)63(49)82-68(83-65)79-20-19-58(89)84(5)26-28-94-30-32-96-34-33-95-31-29-93-27-21-78-66(90)43-15-18-54(55(36-43)92-6)80-67(91)64-60(47-13-10-14-51(72)61(47)75)70(41-77,56(81-64)40-69(2,3)4)50-17-16-44(71)37-53(50)74/h7-18,35-39,56,60,64,81,87H,1,19-34,40H2,2-6H3,(H,78,90)(H,80,91)(H,79,82,83)/t56-,60-,64+,70-/m0/s1. The Kier molecular flexibility index (Phi) is 24.5. The molecule has 1 aromatic heterocycles. The van der Waals surface area contributed by atoms with Crippen LogP contribution < -0.4 is 30.9 Å². The third kappa shape index (κ3) is 16.9. The van der Waals surface area contributed by atoms with Crippen molar-refractivity contribution in [2.75, 3.05) is 128 Å². The lowest BCUT2D eigenvalue weighted by atomic mass is 9.62. The lowest BCUT2D eigenvalue weighted by molar-refractivity contribution is -0.130. The minimum absolute atomic E-state index is 0.0135. The fourth-order valence-electron chi connectivity index (χ4n) is 12.1. The molecule has 6 aromatic carbocycles. The van der Waals surface area contributed by atoms with Gasteiger partial charge in [-0.25, -0.2) is 18.2 Å². The largest absolute Gasteiger partial charge is 0.508 e. The number of amides is 4. The van der Waals surface area contributed by atoms with Crippen LogP contribution in [-0.2, 0) is 38.7 Å². The van der Waals surface area contributed by atoms with Crippen molar-refractivity contribution in [2.45, 2.75) is 57.0 Å². The van der Waals surface area contributed by atoms with Crippen LogP contribution in [0.4, 0.5) is 30.6 Å². The summed E-state index contributed by atoms with van der Waals surface area (Å²) in [7, 11) is 3.03. The van der Waals surface area contributed by atoms with E-state index in [2.05, 4.69) is 38.9 Å². The van der Waals surface area contributed by atoms with Crippen molar-refractivity contribution < 1.29 is 61.1 Å². The molecule has 0 unspecified atom stereocenters. The molecule has 2 saturated heterocycles. The van der Waals surface area contributed by atoms with Crippen molar-refractivity contribution in [3.8, 4) is 28.7 Å². The second-order valence-electron chi connectivity index (χ2n) is 24.3. The number of piperazine rings is 1. The first-order valence-corrected chi connectivity index (χ1v) is 32.4. The van der Waals surface area contributed by atoms with E-state index in [9.17, 15) is 29.5 Å². The summed E-state index contributed by atoms with van der Waals surface area (Å²) in [4.78, 5) is 67.9. The average molecular weight is 1380 g/mol. The molecule has 5 N–H and O–H groups in total. The van der Waals surface area contributed by atoms with Crippen molar-refractivity contribution in [2.24, 2.45) is 5.41 Å². The van der Waals surface area contributed by atoms with Gasteiger partial charge in [0, 0.05) is 98.3 Å². The van der Waals surface area contributed by atoms with Crippen LogP contribution in [0.25, 0.3) is 32.8 Å². The molecule has 4 amide bonds. The highest BCUT2D eigenvalue weighted by Gasteiger charge is 2.61. The average Bonchev–Trinajstić information content (AvgIpc) is 1.50. The zero-order valence-corrected chi connectivity index (χ0v) is 56.1. The van der Waals surface area contributed by atoms with Crippen LogP contribution >= 0.6 is 34.8 Å². The first-order chi connectivity index (χ1) is 46.1. The number of phenols is 1. The lowest BCUT2D eigenvalue weighted by Gasteiger charge is -2.37. The summed E-state index contributed by atoms with van der Waals surface area (Å²) in [6, 6.07) is 24.7. The van der Waals surface area contributed by atoms with Crippen molar-refractivity contribution in [3.05, 3.63) is 159 Å². The molecule has 0 saturated carbocycles. The molecule has 0 bridgehead atoms. The number of likely N-dealkylation sites (N-methyl/N-ethyl adjacent to an activating group) is 1. The Morgan fingerprint density at radius 2 is 1.52 bits per heavy atom. The van der Waals surface area contributed by atoms with Gasteiger partial charge in [0.25, 0.3) is 5.91 Å². The Labute approximate surface area is 569 Å². The summed E-state index contributed by atoms with van der Waals surface area (Å²) >= 11 is 19.4. The van der Waals surface area contributed by atoms with Crippen LogP contribution in [0.15, 0.2) is 110 Å². The van der Waals surface area contributed by atoms with Gasteiger partial charge in [-0.1, -0.05) is 105 Å². The number of rotatable bonds is 29. The molecule has 4 atom stereocenters. The molecule has 2 aliphatic rings. The van der Waals surface area contributed by atoms with Crippen molar-refractivity contribution >= 4 is 97.6 Å². The maximum absolute atomic E-state index is 17.0. The third-order valence-electron chi connectivity index (χ3n) is 16.8. The highest BCUT2D eigenvalue weighted by Crippen LogP contribution is 2.53. The summed E-state index contributed by atoms with van der Waals surface area (Å²) in [6.45, 7) is 13.7. The fourth-order valence-corrected chi connectivity index (χ4v) is 12.8. The van der Waals surface area contributed by atoms with Crippen LogP contribution in [0.3, 0.4) is 0 Å². The SMILES string of the molecule is C=CC(=O)N1CCN(c2nc(NCCC(=O)N(C)CCOCCOCCOCCOCCNC(=O)c3ccc(NC(=O)[C@@H]4N[C@@H](CC(C)(C)C)[C@](C#N)(c5ccc(Cl)cc5F)[C@H]4c4cccc(Cl)c4F)c(OC)c3)nc3c(F)c(-c4cc(O)cc5ccccc45)c(Cl)cc23)CC1. The molecular formula is C70H76Cl3F3N10O10. The number of nitrogens with one attached hydrogen (secondary N) is 4. The van der Waals surface area contributed by atoms with E-state index in [1.807, 2.05) is 49.9 Å². The van der Waals surface area contributed by atoms with E-state index in [4.69, 9.17) is 63.5 Å². The van der Waals surface area contributed by atoms with Crippen LogP contribution in [0.2, 0.25) is 15.1 Å². The topological polar surface area (TPSA) is 242 Å². The second kappa shape index (κ2) is 32.6. The van der Waals surface area contributed by atoms with Gasteiger partial charge < -0.3 is 64.8 Å². The molecule has 26 heteroatoms. The zero-order chi connectivity index (χ0) is 68.8. The van der Waals surface area contributed by atoms with Gasteiger partial charge in [0.05, 0.1) is 87.8 Å². The van der Waals surface area contributed by atoms with Crippen LogP contribution in [0.5, 0.6) is 11.5 Å². The predicted molar refractivity (Wildman–Crippen MR) is 364 cm³/mol. The molecule has 3 heterocycles. The number of nitriles is 1. The zero-order valence-electron chi connectivity index (χ0n) is 53.8. The number of hydrogen-bond donors (Lipinski definition) is 5. The number of phenolic OH excluding ortho intramolecular Hbond substituents is 1. The van der Waals surface area contributed by atoms with Crippen LogP contribution in [-0.4, -0.2) is 173 Å². The van der Waals surface area contributed by atoms with Crippen molar-refractivity contribution in [1.82, 2.24) is 30.4 Å². The molecule has 7 aromatic rings. The van der Waals surface area contributed by atoms with E-state index in [1.54, 1.807) is 29.0 Å². The number of halogens is 6. The Morgan fingerprint density at radius 3 is 2.20 bits per heavy atom. The van der Waals surface area contributed by atoms with Crippen molar-refractivity contribution in [3.63, 3.8) is 0 Å². The lowest BCUT2D eigenvalue weighted by Crippen LogP contribution is -2.48. The number of methoxy groups -OCH3 is 1. The summed E-state index contributed by atoms with van der Waals surface area (Å²) < 4.78 is 77.5. The maximum Gasteiger partial charge on any atom is 0.251 e. The van der Waals surface area contributed by atoms with Gasteiger partial charge in [-0.3, -0.25) is 19.2 Å². The number of carbonyl (C=O) groups excluding carboxylic acids is 4. The first-order valence-electron chi connectivity index (χ1n) is 31.3. The van der Waals surface area contributed by atoms with E-state index in [0.717, 1.165) is 6.07 Å². The minimum Gasteiger partial charge on any atom is -0.508 e. The van der Waals surface area contributed by atoms with Gasteiger partial charge in [-0.2, -0.15) is 10.2 Å². The minimum atomic E-state index is -1.84. The number of ether oxygens (including phenoxy) is 5. The number of aromatic nitrogens is 2. The quantitative estimate of drug-likeness (QED) is 0.0216. The number of hydrogen-bond acceptors (Lipinski definition) is 16. The number of benzene rings is 6. The Hall–Kier alpha value is -8.31. The molecule has 2 fully saturated rings. The van der Waals surface area contributed by atoms with E-state index in [1.165, 1.54) is 67.8 Å². The van der Waals surface area contributed by atoms with Crippen LogP contribution in [0.1, 0.15) is 61.0 Å². The van der Waals surface area contributed by atoms with E-state index in [-0.39, 0.29) is 137 Å². The summed E-state index contributed by atoms with van der Waals surface area (Å²) in [6.07, 6.45) is 1.61. The monoisotopic (exact) mass is 1380 g/mol. The molecule has 0 aliphatic carbocycles. The molecule has 9 rings (SSSR count). The molecule has 2 aliphatic heterocycles. The third-order valence-corrected chi connectivity index (χ3v) is 17.6. The number of aromatic hydroxyl groups is 1. The van der Waals surface area contributed by atoms with E-state index in [0.29, 0.717) is 80.1 Å². The molecular weight excluding hydrogens is 1300 g/mol. The number of nitrogens with zero attached hydrogens (tertiary/aromatic N) is 6. The van der Waals surface area contributed by atoms with Gasteiger partial charge >= 0.3 is 0 Å². The molecule has 96 heavy (non-hydrogen) atoms. The highest BCUT2D eigenvalue weighted by atomic mass is 35.5. The molecule has 20 nitrogen and oxygen atoms in total. The number of anilines is 3. The first kappa shape index (κ1) is 72.0. The Morgan fingerprint density at radius 1 is 0.823 bits per heavy atom. The highest BCUT2D eigenvalue weighted by molar-refractivity contribution is 6.35. The van der Waals surface area contributed by atoms with Crippen LogP contribution in [0, 0.1) is 34.2 Å². The normalized spacial score (nSPS) is 17.1. The molecule has 508 valence electrons. The second-order valence-corrected chi connectivity index (χ2v) is 25.6. The molecule has 0 spiro atoms. The predicted octanol–water partition coefficient (Wildman–Crippen LogP) is 11.1. The van der Waals surface area contributed by atoms with Gasteiger partial charge in [-0.05, 0) is 94.4 Å². The van der Waals surface area contributed by atoms with Gasteiger partial charge in [0.15, 0.2) is 5.82 Å². The number of carbonyl (C=O) groups is 4. The van der Waals surface area contributed by atoms with E-state index >= 15 is 13.2 Å². The molecule has 0 radical (unpaired) electrons.